The van der Waals surface area contributed by atoms with Crippen LogP contribution >= 0.6 is 0 Å². The maximum atomic E-state index is 11.4. The maximum absolute atomic E-state index is 11.4. The lowest BCUT2D eigenvalue weighted by molar-refractivity contribution is 0.0601. The third kappa shape index (κ3) is 3.63. The number of anilines is 1. The van der Waals surface area contributed by atoms with Crippen molar-refractivity contribution < 1.29 is 9.53 Å². The Morgan fingerprint density at radius 1 is 1.05 bits per heavy atom. The number of nitrogens with one attached hydrogen (secondary N) is 1. The Kier molecular flexibility index (Phi) is 4.63. The lowest BCUT2D eigenvalue weighted by atomic mass is 10.00. The molecule has 0 amide bonds. The molecule has 0 bridgehead atoms. The van der Waals surface area contributed by atoms with Gasteiger partial charge in [-0.2, -0.15) is 0 Å². The van der Waals surface area contributed by atoms with Gasteiger partial charge < -0.3 is 10.1 Å². The lowest BCUT2D eigenvalue weighted by Gasteiger charge is -2.13. The van der Waals surface area contributed by atoms with E-state index in [2.05, 4.69) is 43.0 Å². The van der Waals surface area contributed by atoms with Crippen LogP contribution in [0.3, 0.4) is 0 Å². The lowest BCUT2D eigenvalue weighted by Crippen LogP contribution is -2.05. The minimum atomic E-state index is -0.313. The molecular formula is C18H21NO2. The van der Waals surface area contributed by atoms with Crippen LogP contribution in [0.5, 0.6) is 0 Å². The van der Waals surface area contributed by atoms with Crippen molar-refractivity contribution in [2.75, 3.05) is 12.4 Å². The first kappa shape index (κ1) is 15.1. The van der Waals surface area contributed by atoms with E-state index in [1.807, 2.05) is 12.1 Å². The summed E-state index contributed by atoms with van der Waals surface area (Å²) in [5.74, 6) is -0.313. The molecule has 0 aliphatic rings. The monoisotopic (exact) mass is 283 g/mol. The number of benzene rings is 2. The highest BCUT2D eigenvalue weighted by Crippen LogP contribution is 2.18. The van der Waals surface area contributed by atoms with Gasteiger partial charge in [-0.05, 0) is 61.7 Å². The third-order valence-electron chi connectivity index (χ3n) is 3.62. The summed E-state index contributed by atoms with van der Waals surface area (Å²) in [6, 6.07) is 11.7. The minimum absolute atomic E-state index is 0.313. The van der Waals surface area contributed by atoms with Crippen LogP contribution in [0.4, 0.5) is 5.69 Å². The fourth-order valence-corrected chi connectivity index (χ4v) is 2.52. The Morgan fingerprint density at radius 2 is 1.62 bits per heavy atom. The molecule has 0 saturated heterocycles. The summed E-state index contributed by atoms with van der Waals surface area (Å²) < 4.78 is 4.69. The van der Waals surface area contributed by atoms with Crippen LogP contribution in [-0.2, 0) is 11.3 Å². The number of ether oxygens (including phenoxy) is 1. The number of rotatable bonds is 4. The van der Waals surface area contributed by atoms with Gasteiger partial charge in [-0.1, -0.05) is 17.7 Å². The first-order valence-electron chi connectivity index (χ1n) is 7.00. The number of esters is 1. The van der Waals surface area contributed by atoms with Gasteiger partial charge in [0.05, 0.1) is 12.7 Å². The van der Waals surface area contributed by atoms with Crippen LogP contribution in [0.15, 0.2) is 36.4 Å². The summed E-state index contributed by atoms with van der Waals surface area (Å²) in [5, 5.41) is 3.39. The molecule has 0 aromatic heterocycles. The van der Waals surface area contributed by atoms with Crippen molar-refractivity contribution >= 4 is 11.7 Å². The fraction of sp³-hybridized carbons (Fsp3) is 0.278. The topological polar surface area (TPSA) is 38.3 Å². The quantitative estimate of drug-likeness (QED) is 0.862. The molecule has 2 rings (SSSR count). The molecule has 3 nitrogen and oxygen atoms in total. The first-order chi connectivity index (χ1) is 10.0. The van der Waals surface area contributed by atoms with Crippen molar-refractivity contribution in [3.05, 3.63) is 64.2 Å². The standard InChI is InChI=1S/C18H21NO2/c1-12-9-13(2)17(14(3)10-12)11-19-16-7-5-15(6-8-16)18(20)21-4/h5-10,19H,11H2,1-4H3. The summed E-state index contributed by atoms with van der Waals surface area (Å²) in [6.45, 7) is 7.16. The predicted octanol–water partition coefficient (Wildman–Crippen LogP) is 4.01. The van der Waals surface area contributed by atoms with E-state index in [1.165, 1.54) is 29.4 Å². The summed E-state index contributed by atoms with van der Waals surface area (Å²) in [7, 11) is 1.39. The molecule has 0 radical (unpaired) electrons. The second-order valence-corrected chi connectivity index (χ2v) is 5.30. The smallest absolute Gasteiger partial charge is 0.337 e. The molecule has 0 aliphatic heterocycles. The molecule has 2 aromatic carbocycles. The van der Waals surface area contributed by atoms with Gasteiger partial charge in [0, 0.05) is 12.2 Å². The fourth-order valence-electron chi connectivity index (χ4n) is 2.52. The van der Waals surface area contributed by atoms with Gasteiger partial charge in [0.25, 0.3) is 0 Å². The molecule has 0 atom stereocenters. The third-order valence-corrected chi connectivity index (χ3v) is 3.62. The summed E-state index contributed by atoms with van der Waals surface area (Å²) >= 11 is 0. The summed E-state index contributed by atoms with van der Waals surface area (Å²) in [6.07, 6.45) is 0. The van der Waals surface area contributed by atoms with Crippen molar-refractivity contribution in [1.29, 1.82) is 0 Å². The highest BCUT2D eigenvalue weighted by molar-refractivity contribution is 5.89. The SMILES string of the molecule is COC(=O)c1ccc(NCc2c(C)cc(C)cc2C)cc1. The van der Waals surface area contributed by atoms with Crippen LogP contribution in [0, 0.1) is 20.8 Å². The maximum Gasteiger partial charge on any atom is 0.337 e. The van der Waals surface area contributed by atoms with Crippen molar-refractivity contribution in [2.24, 2.45) is 0 Å². The van der Waals surface area contributed by atoms with E-state index in [4.69, 9.17) is 0 Å². The van der Waals surface area contributed by atoms with E-state index >= 15 is 0 Å². The van der Waals surface area contributed by atoms with E-state index in [1.54, 1.807) is 12.1 Å². The van der Waals surface area contributed by atoms with Crippen LogP contribution in [-0.4, -0.2) is 13.1 Å². The highest BCUT2D eigenvalue weighted by atomic mass is 16.5. The van der Waals surface area contributed by atoms with Crippen molar-refractivity contribution in [3.8, 4) is 0 Å². The second kappa shape index (κ2) is 6.44. The van der Waals surface area contributed by atoms with Crippen molar-refractivity contribution in [2.45, 2.75) is 27.3 Å². The largest absolute Gasteiger partial charge is 0.465 e. The van der Waals surface area contributed by atoms with Gasteiger partial charge in [0.1, 0.15) is 0 Å². The van der Waals surface area contributed by atoms with Gasteiger partial charge in [0.15, 0.2) is 0 Å². The Labute approximate surface area is 126 Å². The minimum Gasteiger partial charge on any atom is -0.465 e. The number of aryl methyl sites for hydroxylation is 3. The average Bonchev–Trinajstić information content (AvgIpc) is 2.46. The molecule has 0 heterocycles. The Balaban J connectivity index is 2.08. The van der Waals surface area contributed by atoms with Gasteiger partial charge in [-0.25, -0.2) is 4.79 Å². The van der Waals surface area contributed by atoms with Crippen molar-refractivity contribution in [3.63, 3.8) is 0 Å². The average molecular weight is 283 g/mol. The molecule has 0 aliphatic carbocycles. The van der Waals surface area contributed by atoms with E-state index in [9.17, 15) is 4.79 Å². The van der Waals surface area contributed by atoms with Crippen molar-refractivity contribution in [1.82, 2.24) is 0 Å². The predicted molar refractivity (Wildman–Crippen MR) is 85.8 cm³/mol. The normalized spacial score (nSPS) is 10.3. The molecular weight excluding hydrogens is 262 g/mol. The summed E-state index contributed by atoms with van der Waals surface area (Å²) in [5.41, 5.74) is 6.75. The highest BCUT2D eigenvalue weighted by Gasteiger charge is 2.06. The number of carbonyl (C=O) groups is 1. The molecule has 110 valence electrons. The van der Waals surface area contributed by atoms with Gasteiger partial charge in [-0.15, -0.1) is 0 Å². The molecule has 21 heavy (non-hydrogen) atoms. The zero-order chi connectivity index (χ0) is 15.4. The molecule has 0 saturated carbocycles. The van der Waals surface area contributed by atoms with E-state index < -0.39 is 0 Å². The Morgan fingerprint density at radius 3 is 2.14 bits per heavy atom. The zero-order valence-electron chi connectivity index (χ0n) is 13.0. The van der Waals surface area contributed by atoms with Crippen LogP contribution < -0.4 is 5.32 Å². The number of carbonyl (C=O) groups excluding carboxylic acids is 1. The molecule has 2 aromatic rings. The summed E-state index contributed by atoms with van der Waals surface area (Å²) in [4.78, 5) is 11.4. The van der Waals surface area contributed by atoms with Crippen LogP contribution in [0.1, 0.15) is 32.6 Å². The number of hydrogen-bond acceptors (Lipinski definition) is 3. The van der Waals surface area contributed by atoms with Crippen LogP contribution in [0.25, 0.3) is 0 Å². The zero-order valence-corrected chi connectivity index (χ0v) is 13.0. The van der Waals surface area contributed by atoms with Gasteiger partial charge >= 0.3 is 5.97 Å². The second-order valence-electron chi connectivity index (χ2n) is 5.30. The first-order valence-corrected chi connectivity index (χ1v) is 7.00. The van der Waals surface area contributed by atoms with Gasteiger partial charge in [0.2, 0.25) is 0 Å². The van der Waals surface area contributed by atoms with E-state index in [-0.39, 0.29) is 5.97 Å². The Bertz CT molecular complexity index is 622. The molecule has 0 fully saturated rings. The molecule has 0 unspecified atom stereocenters. The van der Waals surface area contributed by atoms with Crippen LogP contribution in [0.2, 0.25) is 0 Å². The Hall–Kier alpha value is -2.29. The number of methoxy groups -OCH3 is 1. The molecule has 1 N–H and O–H groups in total. The number of hydrogen-bond donors (Lipinski definition) is 1. The molecule has 3 heteroatoms. The molecule has 0 spiro atoms. The van der Waals surface area contributed by atoms with E-state index in [0.29, 0.717) is 5.56 Å². The van der Waals surface area contributed by atoms with Gasteiger partial charge in [-0.3, -0.25) is 0 Å². The van der Waals surface area contributed by atoms with E-state index in [0.717, 1.165) is 12.2 Å².